The van der Waals surface area contributed by atoms with E-state index in [1.807, 2.05) is 0 Å². The summed E-state index contributed by atoms with van der Waals surface area (Å²) in [6.07, 6.45) is 1.13. The lowest BCUT2D eigenvalue weighted by molar-refractivity contribution is 0.548. The van der Waals surface area contributed by atoms with Gasteiger partial charge in [0.25, 0.3) is 0 Å². The van der Waals surface area contributed by atoms with Crippen LogP contribution < -0.4 is 10.2 Å². The van der Waals surface area contributed by atoms with Crippen LogP contribution in [-0.2, 0) is 6.54 Å². The predicted octanol–water partition coefficient (Wildman–Crippen LogP) is 3.83. The molecule has 1 aromatic carbocycles. The second-order valence-electron chi connectivity index (χ2n) is 6.10. The number of hydrogen-bond acceptors (Lipinski definition) is 3. The Labute approximate surface area is 128 Å². The number of fused-ring (bicyclic) bond motifs is 1. The van der Waals surface area contributed by atoms with Crippen molar-refractivity contribution in [2.24, 2.45) is 5.92 Å². The maximum Gasteiger partial charge on any atom is 0.136 e. The molecule has 0 bridgehead atoms. The van der Waals surface area contributed by atoms with E-state index in [1.54, 1.807) is 0 Å². The normalized spacial score (nSPS) is 11.3. The summed E-state index contributed by atoms with van der Waals surface area (Å²) in [4.78, 5) is 7.14. The molecule has 0 radical (unpaired) electrons. The van der Waals surface area contributed by atoms with E-state index >= 15 is 0 Å². The summed E-state index contributed by atoms with van der Waals surface area (Å²) in [5.74, 6) is 1.75. The largest absolute Gasteiger partial charge is 0.359 e. The highest BCUT2D eigenvalue weighted by molar-refractivity contribution is 5.92. The highest BCUT2D eigenvalue weighted by Gasteiger charge is 2.09. The van der Waals surface area contributed by atoms with Gasteiger partial charge in [0.2, 0.25) is 0 Å². The molecule has 3 nitrogen and oxygen atoms in total. The number of anilines is 1. The Balaban J connectivity index is 2.30. The summed E-state index contributed by atoms with van der Waals surface area (Å²) in [5.41, 5.74) is 1.12. The van der Waals surface area contributed by atoms with Gasteiger partial charge in [0.05, 0.1) is 5.69 Å². The first kappa shape index (κ1) is 15.8. The maximum absolute atomic E-state index is 4.88. The van der Waals surface area contributed by atoms with E-state index < -0.39 is 0 Å². The maximum atomic E-state index is 4.88. The third-order valence-corrected chi connectivity index (χ3v) is 3.55. The van der Waals surface area contributed by atoms with Gasteiger partial charge in [-0.2, -0.15) is 0 Å². The fourth-order valence-corrected chi connectivity index (χ4v) is 2.55. The van der Waals surface area contributed by atoms with E-state index in [2.05, 4.69) is 68.4 Å². The first-order valence-electron chi connectivity index (χ1n) is 7.92. The molecule has 21 heavy (non-hydrogen) atoms. The molecule has 0 saturated carbocycles. The third kappa shape index (κ3) is 4.18. The minimum Gasteiger partial charge on any atom is -0.359 e. The molecule has 0 aliphatic rings. The van der Waals surface area contributed by atoms with Crippen LogP contribution in [0, 0.1) is 5.92 Å². The van der Waals surface area contributed by atoms with Crippen molar-refractivity contribution in [1.29, 1.82) is 0 Å². The molecular formula is C18H27N3. The molecule has 3 heteroatoms. The fourth-order valence-electron chi connectivity index (χ4n) is 2.55. The van der Waals surface area contributed by atoms with E-state index in [0.717, 1.165) is 37.6 Å². The summed E-state index contributed by atoms with van der Waals surface area (Å²) in [5, 5.41) is 5.99. The molecule has 0 amide bonds. The third-order valence-electron chi connectivity index (χ3n) is 3.55. The lowest BCUT2D eigenvalue weighted by atomic mass is 10.1. The fraction of sp³-hybridized carbons (Fsp3) is 0.500. The first-order valence-corrected chi connectivity index (χ1v) is 7.92. The van der Waals surface area contributed by atoms with Crippen LogP contribution in [0.3, 0.4) is 0 Å². The summed E-state index contributed by atoms with van der Waals surface area (Å²) in [6.45, 7) is 9.53. The van der Waals surface area contributed by atoms with Crippen LogP contribution in [0.4, 0.5) is 5.82 Å². The highest BCUT2D eigenvalue weighted by atomic mass is 15.2. The molecular weight excluding hydrogens is 258 g/mol. The van der Waals surface area contributed by atoms with Gasteiger partial charge in [-0.15, -0.1) is 0 Å². The summed E-state index contributed by atoms with van der Waals surface area (Å²) < 4.78 is 0. The average Bonchev–Trinajstić information content (AvgIpc) is 2.46. The molecule has 0 fully saturated rings. The van der Waals surface area contributed by atoms with Crippen molar-refractivity contribution >= 4 is 16.6 Å². The highest BCUT2D eigenvalue weighted by Crippen LogP contribution is 2.25. The Morgan fingerprint density at radius 3 is 2.71 bits per heavy atom. The Kier molecular flexibility index (Phi) is 5.57. The Bertz CT molecular complexity index is 578. The topological polar surface area (TPSA) is 28.2 Å². The molecule has 0 spiro atoms. The molecule has 0 atom stereocenters. The molecule has 0 saturated heterocycles. The molecule has 0 aliphatic carbocycles. The quantitative estimate of drug-likeness (QED) is 0.838. The molecule has 1 aromatic heterocycles. The van der Waals surface area contributed by atoms with Gasteiger partial charge in [0.1, 0.15) is 5.82 Å². The van der Waals surface area contributed by atoms with Gasteiger partial charge >= 0.3 is 0 Å². The summed E-state index contributed by atoms with van der Waals surface area (Å²) in [6, 6.07) is 10.7. The number of rotatable bonds is 7. The van der Waals surface area contributed by atoms with Gasteiger partial charge in [-0.25, -0.2) is 4.98 Å². The zero-order valence-electron chi connectivity index (χ0n) is 13.7. The van der Waals surface area contributed by atoms with Crippen molar-refractivity contribution in [2.75, 3.05) is 25.0 Å². The zero-order chi connectivity index (χ0) is 15.2. The standard InChI is InChI=1S/C18H27N3/c1-5-10-21(4)18-17-9-7-6-8-15(17)11-16(20-18)13-19-12-14(2)3/h6-9,11,14,19H,5,10,12-13H2,1-4H3. The van der Waals surface area contributed by atoms with Crippen molar-refractivity contribution in [3.05, 3.63) is 36.0 Å². The van der Waals surface area contributed by atoms with Crippen LogP contribution >= 0.6 is 0 Å². The van der Waals surface area contributed by atoms with Crippen LogP contribution in [0.25, 0.3) is 10.8 Å². The minimum atomic E-state index is 0.660. The number of nitrogens with zero attached hydrogens (tertiary/aromatic N) is 2. The average molecular weight is 285 g/mol. The van der Waals surface area contributed by atoms with Crippen LogP contribution in [0.2, 0.25) is 0 Å². The second kappa shape index (κ2) is 7.41. The molecule has 0 unspecified atom stereocenters. The van der Waals surface area contributed by atoms with Gasteiger partial charge in [-0.1, -0.05) is 45.0 Å². The van der Waals surface area contributed by atoms with Gasteiger partial charge in [-0.3, -0.25) is 0 Å². The number of pyridine rings is 1. The van der Waals surface area contributed by atoms with E-state index in [9.17, 15) is 0 Å². The Morgan fingerprint density at radius 1 is 1.24 bits per heavy atom. The lowest BCUT2D eigenvalue weighted by Gasteiger charge is -2.20. The van der Waals surface area contributed by atoms with Gasteiger partial charge < -0.3 is 10.2 Å². The van der Waals surface area contributed by atoms with Crippen molar-refractivity contribution in [2.45, 2.75) is 33.7 Å². The Morgan fingerprint density at radius 2 is 2.00 bits per heavy atom. The molecule has 114 valence electrons. The zero-order valence-corrected chi connectivity index (χ0v) is 13.7. The van der Waals surface area contributed by atoms with Crippen LogP contribution in [0.1, 0.15) is 32.9 Å². The van der Waals surface area contributed by atoms with E-state index in [-0.39, 0.29) is 0 Å². The van der Waals surface area contributed by atoms with Gasteiger partial charge in [0.15, 0.2) is 0 Å². The van der Waals surface area contributed by atoms with Crippen LogP contribution in [0.5, 0.6) is 0 Å². The lowest BCUT2D eigenvalue weighted by Crippen LogP contribution is -2.22. The van der Waals surface area contributed by atoms with Crippen molar-refractivity contribution < 1.29 is 0 Å². The second-order valence-corrected chi connectivity index (χ2v) is 6.10. The summed E-state index contributed by atoms with van der Waals surface area (Å²) >= 11 is 0. The van der Waals surface area contributed by atoms with Gasteiger partial charge in [0, 0.05) is 25.5 Å². The number of nitrogens with one attached hydrogen (secondary N) is 1. The molecule has 0 aliphatic heterocycles. The van der Waals surface area contributed by atoms with E-state index in [4.69, 9.17) is 4.98 Å². The van der Waals surface area contributed by atoms with E-state index in [1.165, 1.54) is 10.8 Å². The minimum absolute atomic E-state index is 0.660. The molecule has 2 aromatic rings. The molecule has 1 N–H and O–H groups in total. The number of hydrogen-bond donors (Lipinski definition) is 1. The smallest absolute Gasteiger partial charge is 0.136 e. The summed E-state index contributed by atoms with van der Waals surface area (Å²) in [7, 11) is 2.13. The first-order chi connectivity index (χ1) is 10.1. The van der Waals surface area contributed by atoms with Crippen molar-refractivity contribution in [1.82, 2.24) is 10.3 Å². The molecule has 1 heterocycles. The van der Waals surface area contributed by atoms with Crippen molar-refractivity contribution in [3.8, 4) is 0 Å². The SMILES string of the molecule is CCCN(C)c1nc(CNCC(C)C)cc2ccccc12. The number of aromatic nitrogens is 1. The molecule has 2 rings (SSSR count). The monoisotopic (exact) mass is 285 g/mol. The van der Waals surface area contributed by atoms with Gasteiger partial charge in [-0.05, 0) is 30.3 Å². The van der Waals surface area contributed by atoms with E-state index in [0.29, 0.717) is 5.92 Å². The van der Waals surface area contributed by atoms with Crippen LogP contribution in [-0.4, -0.2) is 25.1 Å². The predicted molar refractivity (Wildman–Crippen MR) is 91.8 cm³/mol. The Hall–Kier alpha value is -1.61. The number of benzene rings is 1. The van der Waals surface area contributed by atoms with Crippen LogP contribution in [0.15, 0.2) is 30.3 Å². The van der Waals surface area contributed by atoms with Crippen molar-refractivity contribution in [3.63, 3.8) is 0 Å².